The van der Waals surface area contributed by atoms with Crippen LogP contribution in [0.5, 0.6) is 0 Å². The van der Waals surface area contributed by atoms with Gasteiger partial charge in [-0.05, 0) is 11.5 Å². The van der Waals surface area contributed by atoms with E-state index in [1.165, 1.54) is 0 Å². The molecule has 0 aliphatic heterocycles. The van der Waals surface area contributed by atoms with Crippen LogP contribution in [-0.4, -0.2) is 41.1 Å². The Bertz CT molecular complexity index is 107. The maximum Gasteiger partial charge on any atom is 0.329 e. The zero-order chi connectivity index (χ0) is 10.6. The molecule has 14 heavy (non-hydrogen) atoms. The molecule has 0 aliphatic carbocycles. The second-order valence-electron chi connectivity index (χ2n) is 2.30. The molecule has 86 valence electrons. The average molecular weight is 258 g/mol. The van der Waals surface area contributed by atoms with E-state index in [4.69, 9.17) is 9.05 Å². The van der Waals surface area contributed by atoms with E-state index in [9.17, 15) is 4.89 Å². The molecule has 0 bridgehead atoms. The molecule has 0 radical (unpaired) electrons. The van der Waals surface area contributed by atoms with Crippen molar-refractivity contribution < 1.29 is 13.9 Å². The molecule has 6 heteroatoms. The summed E-state index contributed by atoms with van der Waals surface area (Å²) in [4.78, 5) is 9.25. The molecule has 0 atom stereocenters. The van der Waals surface area contributed by atoms with Crippen LogP contribution in [0.2, 0.25) is 0 Å². The highest BCUT2D eigenvalue weighted by molar-refractivity contribution is 7.99. The Hall–Kier alpha value is 1.01. The lowest BCUT2D eigenvalue weighted by atomic mass is 10.9. The first-order valence-corrected chi connectivity index (χ1v) is 8.15. The van der Waals surface area contributed by atoms with Crippen LogP contribution in [0.3, 0.4) is 0 Å². The average Bonchev–Trinajstić information content (AvgIpc) is 2.19. The lowest BCUT2D eigenvalue weighted by Crippen LogP contribution is -1.98. The number of hydrogen-bond donors (Lipinski definition) is 1. The van der Waals surface area contributed by atoms with Crippen molar-refractivity contribution in [2.75, 3.05) is 36.2 Å². The van der Waals surface area contributed by atoms with Crippen molar-refractivity contribution in [3.63, 3.8) is 0 Å². The highest BCUT2D eigenvalue weighted by Crippen LogP contribution is 2.32. The third-order valence-corrected chi connectivity index (χ3v) is 3.80. The summed E-state index contributed by atoms with van der Waals surface area (Å²) in [6.07, 6.45) is 0. The number of thioether (sulfide) groups is 2. The predicted molar refractivity (Wildman–Crippen MR) is 67.0 cm³/mol. The molecule has 0 saturated carbocycles. The predicted octanol–water partition coefficient (Wildman–Crippen LogP) is 2.75. The molecule has 0 heterocycles. The van der Waals surface area contributed by atoms with E-state index in [-0.39, 0.29) is 0 Å². The zero-order valence-electron chi connectivity index (χ0n) is 8.77. The summed E-state index contributed by atoms with van der Waals surface area (Å²) < 4.78 is 10.2. The Labute approximate surface area is 96.3 Å². The van der Waals surface area contributed by atoms with E-state index in [0.29, 0.717) is 13.2 Å². The molecule has 0 aromatic heterocycles. The van der Waals surface area contributed by atoms with Crippen molar-refractivity contribution in [2.24, 2.45) is 0 Å². The van der Waals surface area contributed by atoms with Gasteiger partial charge in [-0.15, -0.1) is 0 Å². The molecule has 0 rings (SSSR count). The summed E-state index contributed by atoms with van der Waals surface area (Å²) in [6, 6.07) is 0. The second-order valence-corrected chi connectivity index (χ2v) is 6.08. The van der Waals surface area contributed by atoms with E-state index in [1.54, 1.807) is 23.5 Å². The SMILES string of the molecule is CCSCCOP(O)OCCSCC. The van der Waals surface area contributed by atoms with Gasteiger partial charge < -0.3 is 13.9 Å². The minimum Gasteiger partial charge on any atom is -0.328 e. The third kappa shape index (κ3) is 11.1. The highest BCUT2D eigenvalue weighted by atomic mass is 32.2. The van der Waals surface area contributed by atoms with Gasteiger partial charge in [-0.25, -0.2) is 0 Å². The Morgan fingerprint density at radius 1 is 1.00 bits per heavy atom. The molecule has 3 nitrogen and oxygen atoms in total. The van der Waals surface area contributed by atoms with E-state index >= 15 is 0 Å². The molecule has 1 N–H and O–H groups in total. The van der Waals surface area contributed by atoms with E-state index in [1.807, 2.05) is 0 Å². The largest absolute Gasteiger partial charge is 0.329 e. The van der Waals surface area contributed by atoms with Crippen molar-refractivity contribution in [1.29, 1.82) is 0 Å². The summed E-state index contributed by atoms with van der Waals surface area (Å²) in [5.74, 6) is 4.01. The van der Waals surface area contributed by atoms with Crippen LogP contribution in [0.1, 0.15) is 13.8 Å². The van der Waals surface area contributed by atoms with Gasteiger partial charge in [0.1, 0.15) is 0 Å². The van der Waals surface area contributed by atoms with Crippen LogP contribution < -0.4 is 0 Å². The summed E-state index contributed by atoms with van der Waals surface area (Å²) >= 11 is 3.59. The van der Waals surface area contributed by atoms with Gasteiger partial charge in [0.15, 0.2) is 0 Å². The van der Waals surface area contributed by atoms with Gasteiger partial charge in [0, 0.05) is 11.5 Å². The summed E-state index contributed by atoms with van der Waals surface area (Å²) in [5.41, 5.74) is 0. The Morgan fingerprint density at radius 2 is 1.43 bits per heavy atom. The van der Waals surface area contributed by atoms with Gasteiger partial charge in [0.25, 0.3) is 0 Å². The fourth-order valence-corrected chi connectivity index (χ4v) is 2.47. The Balaban J connectivity index is 3.07. The van der Waals surface area contributed by atoms with Crippen LogP contribution in [0.15, 0.2) is 0 Å². The molecule has 0 aromatic rings. The molecule has 0 unspecified atom stereocenters. The summed E-state index contributed by atoms with van der Waals surface area (Å²) in [5, 5.41) is 0. The maximum absolute atomic E-state index is 9.25. The molecular weight excluding hydrogens is 239 g/mol. The van der Waals surface area contributed by atoms with Crippen molar-refractivity contribution in [1.82, 2.24) is 0 Å². The molecule has 0 fully saturated rings. The van der Waals surface area contributed by atoms with Gasteiger partial charge in [0.05, 0.1) is 13.2 Å². The van der Waals surface area contributed by atoms with Gasteiger partial charge in [0.2, 0.25) is 0 Å². The first kappa shape index (κ1) is 15.0. The standard InChI is InChI=1S/C8H19O3PS2/c1-3-13-7-5-10-12(9)11-6-8-14-4-2/h9H,3-8H2,1-2H3. The maximum atomic E-state index is 9.25. The molecule has 0 saturated heterocycles. The van der Waals surface area contributed by atoms with Crippen molar-refractivity contribution in [3.8, 4) is 0 Å². The number of hydrogen-bond acceptors (Lipinski definition) is 5. The molecule has 0 aliphatic rings. The normalized spacial score (nSPS) is 11.1. The summed E-state index contributed by atoms with van der Waals surface area (Å²) in [6.45, 7) is 5.35. The van der Waals surface area contributed by atoms with Crippen molar-refractivity contribution in [2.45, 2.75) is 13.8 Å². The van der Waals surface area contributed by atoms with Crippen LogP contribution in [0.25, 0.3) is 0 Å². The third-order valence-electron chi connectivity index (χ3n) is 1.27. The van der Waals surface area contributed by atoms with E-state index < -0.39 is 8.60 Å². The highest BCUT2D eigenvalue weighted by Gasteiger charge is 2.05. The van der Waals surface area contributed by atoms with Gasteiger partial charge in [-0.1, -0.05) is 13.8 Å². The fourth-order valence-electron chi connectivity index (χ4n) is 0.675. The lowest BCUT2D eigenvalue weighted by molar-refractivity contribution is 0.218. The Morgan fingerprint density at radius 3 is 1.79 bits per heavy atom. The lowest BCUT2D eigenvalue weighted by Gasteiger charge is -2.09. The van der Waals surface area contributed by atoms with Crippen LogP contribution in [0, 0.1) is 0 Å². The van der Waals surface area contributed by atoms with E-state index in [2.05, 4.69) is 13.8 Å². The minimum absolute atomic E-state index is 0.571. The topological polar surface area (TPSA) is 38.7 Å². The van der Waals surface area contributed by atoms with Gasteiger partial charge in [-0.2, -0.15) is 23.5 Å². The molecule has 0 amide bonds. The molecule has 0 spiro atoms. The first-order valence-electron chi connectivity index (χ1n) is 4.71. The Kier molecular flexibility index (Phi) is 13.0. The molecule has 0 aromatic carbocycles. The van der Waals surface area contributed by atoms with Gasteiger partial charge >= 0.3 is 8.60 Å². The van der Waals surface area contributed by atoms with Crippen molar-refractivity contribution in [3.05, 3.63) is 0 Å². The van der Waals surface area contributed by atoms with Crippen LogP contribution in [-0.2, 0) is 9.05 Å². The van der Waals surface area contributed by atoms with Gasteiger partial charge in [-0.3, -0.25) is 0 Å². The molecular formula is C8H19O3PS2. The smallest absolute Gasteiger partial charge is 0.328 e. The quantitative estimate of drug-likeness (QED) is 0.482. The second kappa shape index (κ2) is 12.1. The van der Waals surface area contributed by atoms with Crippen molar-refractivity contribution >= 4 is 32.1 Å². The van der Waals surface area contributed by atoms with Crippen LogP contribution in [0.4, 0.5) is 0 Å². The van der Waals surface area contributed by atoms with Crippen LogP contribution >= 0.6 is 32.1 Å². The summed E-state index contributed by atoms with van der Waals surface area (Å²) in [7, 11) is -1.64. The monoisotopic (exact) mass is 258 g/mol. The number of rotatable bonds is 10. The fraction of sp³-hybridized carbons (Fsp3) is 1.00. The zero-order valence-corrected chi connectivity index (χ0v) is 11.3. The minimum atomic E-state index is -1.64. The first-order chi connectivity index (χ1) is 6.81. The van der Waals surface area contributed by atoms with E-state index in [0.717, 1.165) is 23.0 Å².